The standard InChI is InChI=1S/C23H28N2O7/c1-13(21(27)15-10-19(30-3)22(32-5)20(11-15)31-4)8-14-6-7-18(29-2)17(9-14)25-23(28)16(24)12-26/h6-11,16,26H,12,24H2,1-5H3,(H,25,28). The fraction of sp³-hybridized carbons (Fsp3) is 0.304. The quantitative estimate of drug-likeness (QED) is 0.376. The van der Waals surface area contributed by atoms with Gasteiger partial charge in [0.25, 0.3) is 0 Å². The number of amides is 1. The summed E-state index contributed by atoms with van der Waals surface area (Å²) >= 11 is 0. The maximum atomic E-state index is 13.0. The first-order chi connectivity index (χ1) is 15.3. The molecule has 2 aromatic carbocycles. The molecule has 0 aliphatic carbocycles. The second-order valence-corrected chi connectivity index (χ2v) is 6.81. The summed E-state index contributed by atoms with van der Waals surface area (Å²) in [5.41, 5.74) is 7.38. The molecular weight excluding hydrogens is 416 g/mol. The van der Waals surface area contributed by atoms with E-state index in [0.717, 1.165) is 0 Å². The van der Waals surface area contributed by atoms with Gasteiger partial charge < -0.3 is 35.1 Å². The van der Waals surface area contributed by atoms with Crippen LogP contribution < -0.4 is 30.0 Å². The van der Waals surface area contributed by atoms with Gasteiger partial charge in [0.1, 0.15) is 11.8 Å². The second-order valence-electron chi connectivity index (χ2n) is 6.81. The monoisotopic (exact) mass is 444 g/mol. The molecule has 2 aromatic rings. The van der Waals surface area contributed by atoms with Crippen molar-refractivity contribution in [3.8, 4) is 23.0 Å². The summed E-state index contributed by atoms with van der Waals surface area (Å²) in [6.45, 7) is 1.19. The molecular formula is C23H28N2O7. The minimum Gasteiger partial charge on any atom is -0.495 e. The number of carbonyl (C=O) groups excluding carboxylic acids is 2. The smallest absolute Gasteiger partial charge is 0.243 e. The molecule has 0 heterocycles. The first-order valence-electron chi connectivity index (χ1n) is 9.67. The highest BCUT2D eigenvalue weighted by molar-refractivity contribution is 6.11. The van der Waals surface area contributed by atoms with Gasteiger partial charge in [-0.1, -0.05) is 6.07 Å². The molecule has 0 aliphatic heterocycles. The number of hydrogen-bond donors (Lipinski definition) is 3. The number of anilines is 1. The molecule has 0 radical (unpaired) electrons. The maximum Gasteiger partial charge on any atom is 0.243 e. The van der Waals surface area contributed by atoms with Crippen molar-refractivity contribution in [3.05, 3.63) is 47.0 Å². The van der Waals surface area contributed by atoms with Crippen molar-refractivity contribution in [2.24, 2.45) is 5.73 Å². The Balaban J connectivity index is 2.39. The molecule has 9 nitrogen and oxygen atoms in total. The third kappa shape index (κ3) is 5.57. The minimum absolute atomic E-state index is 0.243. The van der Waals surface area contributed by atoms with Crippen molar-refractivity contribution in [2.75, 3.05) is 40.4 Å². The van der Waals surface area contributed by atoms with E-state index in [0.29, 0.717) is 45.4 Å². The molecule has 172 valence electrons. The van der Waals surface area contributed by atoms with E-state index in [1.54, 1.807) is 43.3 Å². The molecule has 32 heavy (non-hydrogen) atoms. The van der Waals surface area contributed by atoms with Gasteiger partial charge in [-0.2, -0.15) is 0 Å². The molecule has 0 bridgehead atoms. The van der Waals surface area contributed by atoms with Gasteiger partial charge in [0, 0.05) is 5.56 Å². The van der Waals surface area contributed by atoms with E-state index < -0.39 is 18.6 Å². The van der Waals surface area contributed by atoms with Crippen LogP contribution in [-0.4, -0.2) is 57.9 Å². The van der Waals surface area contributed by atoms with E-state index in [1.165, 1.54) is 28.4 Å². The topological polar surface area (TPSA) is 129 Å². The Labute approximate surface area is 186 Å². The number of carbonyl (C=O) groups is 2. The number of rotatable bonds is 10. The van der Waals surface area contributed by atoms with E-state index in [-0.39, 0.29) is 5.78 Å². The number of Topliss-reactive ketones (excluding diaryl/α,β-unsaturated/α-hetero) is 1. The molecule has 1 atom stereocenters. The van der Waals surface area contributed by atoms with Crippen LogP contribution in [0.1, 0.15) is 22.8 Å². The van der Waals surface area contributed by atoms with E-state index >= 15 is 0 Å². The summed E-state index contributed by atoms with van der Waals surface area (Å²) in [5.74, 6) is 0.750. The Morgan fingerprint density at radius 2 is 1.59 bits per heavy atom. The highest BCUT2D eigenvalue weighted by Gasteiger charge is 2.18. The predicted octanol–water partition coefficient (Wildman–Crippen LogP) is 2.27. The molecule has 0 aliphatic rings. The number of aliphatic hydroxyl groups excluding tert-OH is 1. The summed E-state index contributed by atoms with van der Waals surface area (Å²) in [5, 5.41) is 11.7. The molecule has 4 N–H and O–H groups in total. The van der Waals surface area contributed by atoms with E-state index in [1.807, 2.05) is 0 Å². The van der Waals surface area contributed by atoms with Crippen LogP contribution in [0.5, 0.6) is 23.0 Å². The van der Waals surface area contributed by atoms with Crippen LogP contribution in [0.3, 0.4) is 0 Å². The van der Waals surface area contributed by atoms with Crippen LogP contribution >= 0.6 is 0 Å². The number of nitrogens with two attached hydrogens (primary N) is 1. The lowest BCUT2D eigenvalue weighted by molar-refractivity contribution is -0.118. The summed E-state index contributed by atoms with van der Waals surface area (Å²) in [6.07, 6.45) is 1.67. The van der Waals surface area contributed by atoms with Crippen LogP contribution in [0, 0.1) is 0 Å². The molecule has 0 aromatic heterocycles. The summed E-state index contributed by atoms with van der Waals surface area (Å²) in [6, 6.07) is 7.14. The zero-order valence-electron chi connectivity index (χ0n) is 18.7. The van der Waals surface area contributed by atoms with Gasteiger partial charge in [-0.15, -0.1) is 0 Å². The molecule has 0 saturated heterocycles. The number of benzene rings is 2. The van der Waals surface area contributed by atoms with Crippen molar-refractivity contribution in [1.82, 2.24) is 0 Å². The Bertz CT molecular complexity index is 992. The fourth-order valence-electron chi connectivity index (χ4n) is 2.98. The number of nitrogens with one attached hydrogen (secondary N) is 1. The Hall–Kier alpha value is -3.56. The van der Waals surface area contributed by atoms with Crippen molar-refractivity contribution in [3.63, 3.8) is 0 Å². The van der Waals surface area contributed by atoms with Crippen molar-refractivity contribution >= 4 is 23.5 Å². The van der Waals surface area contributed by atoms with Gasteiger partial charge in [-0.05, 0) is 48.4 Å². The lowest BCUT2D eigenvalue weighted by atomic mass is 10.0. The number of hydrogen-bond acceptors (Lipinski definition) is 8. The molecule has 9 heteroatoms. The molecule has 1 amide bonds. The Morgan fingerprint density at radius 1 is 1.00 bits per heavy atom. The fourth-order valence-corrected chi connectivity index (χ4v) is 2.98. The zero-order chi connectivity index (χ0) is 23.8. The molecule has 0 fully saturated rings. The summed E-state index contributed by atoms with van der Waals surface area (Å²) in [7, 11) is 5.90. The number of ether oxygens (including phenoxy) is 4. The molecule has 0 saturated carbocycles. The first-order valence-corrected chi connectivity index (χ1v) is 9.67. The number of methoxy groups -OCH3 is 4. The number of ketones is 1. The van der Waals surface area contributed by atoms with E-state index in [9.17, 15) is 9.59 Å². The summed E-state index contributed by atoms with van der Waals surface area (Å²) in [4.78, 5) is 25.1. The highest BCUT2D eigenvalue weighted by atomic mass is 16.5. The van der Waals surface area contributed by atoms with Crippen LogP contribution in [0.4, 0.5) is 5.69 Å². The van der Waals surface area contributed by atoms with Gasteiger partial charge in [-0.25, -0.2) is 0 Å². The average molecular weight is 444 g/mol. The first kappa shape index (κ1) is 24.7. The SMILES string of the molecule is COc1ccc(C=C(C)C(=O)c2cc(OC)c(OC)c(OC)c2)cc1NC(=O)C(N)CO. The average Bonchev–Trinajstić information content (AvgIpc) is 2.81. The van der Waals surface area contributed by atoms with Gasteiger partial charge in [0.05, 0.1) is 40.7 Å². The van der Waals surface area contributed by atoms with Crippen LogP contribution in [0.2, 0.25) is 0 Å². The largest absolute Gasteiger partial charge is 0.495 e. The van der Waals surface area contributed by atoms with Crippen molar-refractivity contribution in [1.29, 1.82) is 0 Å². The second kappa shape index (κ2) is 11.2. The van der Waals surface area contributed by atoms with Crippen molar-refractivity contribution in [2.45, 2.75) is 13.0 Å². The van der Waals surface area contributed by atoms with Gasteiger partial charge in [-0.3, -0.25) is 9.59 Å². The normalized spacial score (nSPS) is 12.0. The maximum absolute atomic E-state index is 13.0. The van der Waals surface area contributed by atoms with Crippen molar-refractivity contribution < 1.29 is 33.6 Å². The minimum atomic E-state index is -1.07. The third-order valence-corrected chi connectivity index (χ3v) is 4.68. The third-order valence-electron chi connectivity index (χ3n) is 4.68. The van der Waals surface area contributed by atoms with Crippen LogP contribution in [-0.2, 0) is 4.79 Å². The Kier molecular flexibility index (Phi) is 8.62. The summed E-state index contributed by atoms with van der Waals surface area (Å²) < 4.78 is 21.2. The molecule has 1 unspecified atom stereocenters. The zero-order valence-corrected chi connectivity index (χ0v) is 18.7. The van der Waals surface area contributed by atoms with Gasteiger partial charge >= 0.3 is 0 Å². The lowest BCUT2D eigenvalue weighted by Crippen LogP contribution is -2.38. The van der Waals surface area contributed by atoms with E-state index in [4.69, 9.17) is 29.8 Å². The van der Waals surface area contributed by atoms with Gasteiger partial charge in [0.2, 0.25) is 11.7 Å². The predicted molar refractivity (Wildman–Crippen MR) is 121 cm³/mol. The lowest BCUT2D eigenvalue weighted by Gasteiger charge is -2.14. The molecule has 0 spiro atoms. The van der Waals surface area contributed by atoms with Crippen LogP contribution in [0.15, 0.2) is 35.9 Å². The van der Waals surface area contributed by atoms with E-state index in [2.05, 4.69) is 5.32 Å². The number of allylic oxidation sites excluding steroid dienone is 1. The Morgan fingerprint density at radius 3 is 2.09 bits per heavy atom. The van der Waals surface area contributed by atoms with Gasteiger partial charge in [0.15, 0.2) is 17.3 Å². The number of aliphatic hydroxyl groups is 1. The highest BCUT2D eigenvalue weighted by Crippen LogP contribution is 2.38. The van der Waals surface area contributed by atoms with Crippen LogP contribution in [0.25, 0.3) is 6.08 Å². The molecule has 2 rings (SSSR count).